The van der Waals surface area contributed by atoms with E-state index < -0.39 is 5.82 Å². The summed E-state index contributed by atoms with van der Waals surface area (Å²) < 4.78 is 17.9. The Morgan fingerprint density at radius 1 is 1.53 bits per heavy atom. The lowest BCUT2D eigenvalue weighted by Crippen LogP contribution is -2.17. The van der Waals surface area contributed by atoms with Gasteiger partial charge < -0.3 is 10.3 Å². The summed E-state index contributed by atoms with van der Waals surface area (Å²) in [6, 6.07) is 3.95. The van der Waals surface area contributed by atoms with Gasteiger partial charge in [0.1, 0.15) is 5.82 Å². The summed E-state index contributed by atoms with van der Waals surface area (Å²) in [6.07, 6.45) is 0.492. The van der Waals surface area contributed by atoms with E-state index in [4.69, 9.17) is 21.9 Å². The van der Waals surface area contributed by atoms with E-state index in [9.17, 15) is 4.39 Å². The molecule has 1 aromatic heterocycles. The van der Waals surface area contributed by atoms with Crippen molar-refractivity contribution < 1.29 is 8.91 Å². The molecule has 4 nitrogen and oxygen atoms in total. The van der Waals surface area contributed by atoms with Crippen LogP contribution >= 0.6 is 11.6 Å². The minimum absolute atomic E-state index is 0.0630. The van der Waals surface area contributed by atoms with Crippen LogP contribution < -0.4 is 5.73 Å². The topological polar surface area (TPSA) is 64.9 Å². The summed E-state index contributed by atoms with van der Waals surface area (Å²) in [5, 5.41) is 4.03. The van der Waals surface area contributed by atoms with Crippen molar-refractivity contribution >= 4 is 11.6 Å². The summed E-state index contributed by atoms with van der Waals surface area (Å²) in [6.45, 7) is 1.84. The van der Waals surface area contributed by atoms with Crippen LogP contribution in [0.2, 0.25) is 5.02 Å². The maximum absolute atomic E-state index is 12.9. The van der Waals surface area contributed by atoms with E-state index in [1.54, 1.807) is 0 Å². The molecule has 90 valence electrons. The lowest BCUT2D eigenvalue weighted by Gasteiger charge is -1.98. The van der Waals surface area contributed by atoms with Crippen molar-refractivity contribution in [3.63, 3.8) is 0 Å². The van der Waals surface area contributed by atoms with Crippen LogP contribution in [0.3, 0.4) is 0 Å². The Morgan fingerprint density at radius 3 is 2.94 bits per heavy atom. The fourth-order valence-electron chi connectivity index (χ4n) is 1.39. The smallest absolute Gasteiger partial charge is 0.228 e. The third-order valence-electron chi connectivity index (χ3n) is 2.14. The van der Waals surface area contributed by atoms with E-state index in [0.717, 1.165) is 0 Å². The second kappa shape index (κ2) is 4.81. The second-order valence-corrected chi connectivity index (χ2v) is 4.22. The quantitative estimate of drug-likeness (QED) is 0.915. The Hall–Kier alpha value is -1.46. The molecule has 0 saturated carbocycles. The zero-order valence-electron chi connectivity index (χ0n) is 9.15. The van der Waals surface area contributed by atoms with Gasteiger partial charge in [0.25, 0.3) is 0 Å². The molecule has 0 bridgehead atoms. The normalized spacial score (nSPS) is 12.7. The van der Waals surface area contributed by atoms with E-state index in [-0.39, 0.29) is 11.1 Å². The minimum atomic E-state index is -0.405. The maximum atomic E-state index is 12.9. The molecule has 0 aliphatic rings. The molecule has 0 aliphatic heterocycles. The lowest BCUT2D eigenvalue weighted by molar-refractivity contribution is 0.372. The molecule has 1 aromatic carbocycles. The third-order valence-corrected chi connectivity index (χ3v) is 2.45. The largest absolute Gasteiger partial charge is 0.339 e. The Labute approximate surface area is 103 Å². The Bertz CT molecular complexity index is 527. The monoisotopic (exact) mass is 255 g/mol. The predicted molar refractivity (Wildman–Crippen MR) is 62.1 cm³/mol. The van der Waals surface area contributed by atoms with Crippen molar-refractivity contribution in [2.24, 2.45) is 5.73 Å². The van der Waals surface area contributed by atoms with Crippen LogP contribution in [0.25, 0.3) is 11.4 Å². The fraction of sp³-hybridized carbons (Fsp3) is 0.273. The van der Waals surface area contributed by atoms with Crippen molar-refractivity contribution in [3.05, 3.63) is 34.9 Å². The fourth-order valence-corrected chi connectivity index (χ4v) is 1.65. The molecule has 0 fully saturated rings. The van der Waals surface area contributed by atoms with Crippen LogP contribution in [-0.4, -0.2) is 16.2 Å². The molecule has 1 atom stereocenters. The molecule has 0 saturated heterocycles. The first-order valence-corrected chi connectivity index (χ1v) is 5.47. The summed E-state index contributed by atoms with van der Waals surface area (Å²) in [5.41, 5.74) is 6.15. The molecule has 0 aliphatic carbocycles. The second-order valence-electron chi connectivity index (χ2n) is 3.82. The van der Waals surface area contributed by atoms with Crippen LogP contribution in [0.5, 0.6) is 0 Å². The number of aromatic nitrogens is 2. The summed E-state index contributed by atoms with van der Waals surface area (Å²) in [7, 11) is 0. The third kappa shape index (κ3) is 2.81. The molecule has 0 amide bonds. The van der Waals surface area contributed by atoms with Crippen LogP contribution in [0.15, 0.2) is 22.7 Å². The molecule has 17 heavy (non-hydrogen) atoms. The first kappa shape index (κ1) is 12.0. The summed E-state index contributed by atoms with van der Waals surface area (Å²) in [4.78, 5) is 4.15. The van der Waals surface area contributed by atoms with E-state index in [0.29, 0.717) is 23.7 Å². The van der Waals surface area contributed by atoms with Gasteiger partial charge in [0, 0.05) is 18.0 Å². The van der Waals surface area contributed by atoms with E-state index >= 15 is 0 Å². The van der Waals surface area contributed by atoms with Gasteiger partial charge in [0.2, 0.25) is 11.7 Å². The molecule has 2 rings (SSSR count). The first-order valence-electron chi connectivity index (χ1n) is 5.10. The van der Waals surface area contributed by atoms with Gasteiger partial charge in [-0.2, -0.15) is 4.98 Å². The number of nitrogens with zero attached hydrogens (tertiary/aromatic N) is 2. The summed E-state index contributed by atoms with van der Waals surface area (Å²) >= 11 is 5.89. The lowest BCUT2D eigenvalue weighted by atomic mass is 10.2. The highest BCUT2D eigenvalue weighted by Crippen LogP contribution is 2.26. The van der Waals surface area contributed by atoms with Gasteiger partial charge in [-0.05, 0) is 25.1 Å². The van der Waals surface area contributed by atoms with Gasteiger partial charge in [-0.25, -0.2) is 4.39 Å². The van der Waals surface area contributed by atoms with Gasteiger partial charge in [-0.1, -0.05) is 16.8 Å². The number of rotatable bonds is 3. The number of hydrogen-bond donors (Lipinski definition) is 1. The summed E-state index contributed by atoms with van der Waals surface area (Å²) in [5.74, 6) is 0.374. The van der Waals surface area contributed by atoms with Gasteiger partial charge in [-0.15, -0.1) is 0 Å². The van der Waals surface area contributed by atoms with Crippen molar-refractivity contribution in [3.8, 4) is 11.4 Å². The van der Waals surface area contributed by atoms with Gasteiger partial charge in [0.15, 0.2) is 0 Å². The van der Waals surface area contributed by atoms with E-state index in [1.165, 1.54) is 18.2 Å². The highest BCUT2D eigenvalue weighted by atomic mass is 35.5. The average molecular weight is 256 g/mol. The number of hydrogen-bond acceptors (Lipinski definition) is 4. The highest BCUT2D eigenvalue weighted by molar-refractivity contribution is 6.33. The van der Waals surface area contributed by atoms with Gasteiger partial charge in [0.05, 0.1) is 5.02 Å². The molecule has 0 radical (unpaired) electrons. The molecule has 6 heteroatoms. The molecule has 2 N–H and O–H groups in total. The Balaban J connectivity index is 2.30. The molecular formula is C11H11ClFN3O. The Morgan fingerprint density at radius 2 is 2.29 bits per heavy atom. The van der Waals surface area contributed by atoms with Gasteiger partial charge in [-0.3, -0.25) is 0 Å². The van der Waals surface area contributed by atoms with Crippen LogP contribution in [0, 0.1) is 5.82 Å². The van der Waals surface area contributed by atoms with Crippen molar-refractivity contribution in [2.45, 2.75) is 19.4 Å². The zero-order valence-corrected chi connectivity index (χ0v) is 9.91. The first-order chi connectivity index (χ1) is 8.06. The Kier molecular flexibility index (Phi) is 3.40. The van der Waals surface area contributed by atoms with Crippen LogP contribution in [-0.2, 0) is 6.42 Å². The van der Waals surface area contributed by atoms with E-state index in [2.05, 4.69) is 10.1 Å². The average Bonchev–Trinajstić information content (AvgIpc) is 2.65. The maximum Gasteiger partial charge on any atom is 0.228 e. The molecular weight excluding hydrogens is 245 g/mol. The highest BCUT2D eigenvalue weighted by Gasteiger charge is 2.13. The van der Waals surface area contributed by atoms with Crippen LogP contribution in [0.1, 0.15) is 12.8 Å². The van der Waals surface area contributed by atoms with Crippen molar-refractivity contribution in [1.82, 2.24) is 10.1 Å². The number of halogens is 2. The predicted octanol–water partition coefficient (Wildman–Crippen LogP) is 2.42. The van der Waals surface area contributed by atoms with Crippen molar-refractivity contribution in [1.29, 1.82) is 0 Å². The molecule has 0 spiro atoms. The molecule has 1 heterocycles. The standard InChI is InChI=1S/C11H11ClFN3O/c1-6(14)4-10-15-11(16-17-10)8-3-2-7(13)5-9(8)12/h2-3,5-6H,4,14H2,1H3. The van der Waals surface area contributed by atoms with Gasteiger partial charge >= 0.3 is 0 Å². The SMILES string of the molecule is CC(N)Cc1nc(-c2ccc(F)cc2Cl)no1. The minimum Gasteiger partial charge on any atom is -0.339 e. The molecule has 1 unspecified atom stereocenters. The number of benzene rings is 1. The number of nitrogens with two attached hydrogens (primary N) is 1. The van der Waals surface area contributed by atoms with E-state index in [1.807, 2.05) is 6.92 Å². The zero-order chi connectivity index (χ0) is 12.4. The van der Waals surface area contributed by atoms with Crippen LogP contribution in [0.4, 0.5) is 4.39 Å². The molecule has 2 aromatic rings. The van der Waals surface area contributed by atoms with Crippen molar-refractivity contribution in [2.75, 3.05) is 0 Å².